The van der Waals surface area contributed by atoms with E-state index in [9.17, 15) is 9.59 Å². The Morgan fingerprint density at radius 1 is 1.27 bits per heavy atom. The zero-order chi connectivity index (χ0) is 26.7. The Morgan fingerprint density at radius 2 is 2.00 bits per heavy atom. The highest BCUT2D eigenvalue weighted by Crippen LogP contribution is 2.40. The number of piperidine rings is 1. The number of amides is 2. The third-order valence-corrected chi connectivity index (χ3v) is 6.48. The predicted octanol–water partition coefficient (Wildman–Crippen LogP) is 2.98. The van der Waals surface area contributed by atoms with Gasteiger partial charge in [0, 0.05) is 34.5 Å². The van der Waals surface area contributed by atoms with Gasteiger partial charge in [0.15, 0.2) is 0 Å². The first-order chi connectivity index (χ1) is 17.6. The van der Waals surface area contributed by atoms with Crippen molar-refractivity contribution in [1.29, 1.82) is 5.41 Å². The van der Waals surface area contributed by atoms with Crippen molar-refractivity contribution in [3.05, 3.63) is 64.5 Å². The number of halogens is 3. The number of hydrogen-bond donors (Lipinski definition) is 3. The lowest BCUT2D eigenvalue weighted by Gasteiger charge is -2.36. The van der Waals surface area contributed by atoms with Crippen molar-refractivity contribution in [3.8, 4) is 11.4 Å². The Hall–Kier alpha value is -3.70. The van der Waals surface area contributed by atoms with Gasteiger partial charge in [0.2, 0.25) is 17.6 Å². The summed E-state index contributed by atoms with van der Waals surface area (Å²) >= 11 is 5.80. The third kappa shape index (κ3) is 5.83. The molecule has 2 heterocycles. The highest BCUT2D eigenvalue weighted by Gasteiger charge is 2.49. The van der Waals surface area contributed by atoms with Crippen LogP contribution in [0.2, 0.25) is 5.02 Å². The van der Waals surface area contributed by atoms with Gasteiger partial charge in [0.05, 0.1) is 25.7 Å². The molecule has 2 aromatic carbocycles. The minimum atomic E-state index is -3.30. The van der Waals surface area contributed by atoms with Crippen molar-refractivity contribution in [2.75, 3.05) is 26.7 Å². The largest absolute Gasteiger partial charge is 0.343 e. The molecule has 1 aliphatic heterocycles. The monoisotopic (exact) mass is 531 g/mol. The van der Waals surface area contributed by atoms with Crippen LogP contribution in [0.4, 0.5) is 14.5 Å². The minimum Gasteiger partial charge on any atom is -0.343 e. The number of quaternary nitrogens is 1. The van der Waals surface area contributed by atoms with E-state index in [2.05, 4.69) is 15.5 Å². The first kappa shape index (κ1) is 26.4. The van der Waals surface area contributed by atoms with Gasteiger partial charge in [0.25, 0.3) is 11.8 Å². The van der Waals surface area contributed by atoms with Crippen LogP contribution in [0, 0.1) is 5.41 Å². The molecule has 3 aromatic rings. The topological polar surface area (TPSA) is 129 Å². The van der Waals surface area contributed by atoms with Crippen molar-refractivity contribution >= 4 is 34.8 Å². The zero-order valence-electron chi connectivity index (χ0n) is 20.2. The molecule has 1 saturated heterocycles. The number of carbonyl (C=O) groups excluding carboxylic acids is 2. The molecule has 0 aliphatic carbocycles. The molecule has 12 heteroatoms. The van der Waals surface area contributed by atoms with Gasteiger partial charge < -0.3 is 25.5 Å². The van der Waals surface area contributed by atoms with Gasteiger partial charge in [-0.3, -0.25) is 9.59 Å². The van der Waals surface area contributed by atoms with Crippen molar-refractivity contribution in [2.45, 2.75) is 25.2 Å². The number of likely N-dealkylation sites (tertiary alicyclic amines) is 1. The van der Waals surface area contributed by atoms with Gasteiger partial charge in [-0.25, -0.2) is 8.78 Å². The van der Waals surface area contributed by atoms with Crippen LogP contribution in [0.15, 0.2) is 47.0 Å². The van der Waals surface area contributed by atoms with E-state index in [0.717, 1.165) is 16.2 Å². The van der Waals surface area contributed by atoms with E-state index in [1.165, 1.54) is 12.1 Å². The van der Waals surface area contributed by atoms with Crippen molar-refractivity contribution in [1.82, 2.24) is 20.4 Å². The second-order valence-corrected chi connectivity index (χ2v) is 9.22. The summed E-state index contributed by atoms with van der Waals surface area (Å²) < 4.78 is 35.4. The number of carbonyl (C=O) groups is 2. The normalized spacial score (nSPS) is 16.9. The van der Waals surface area contributed by atoms with Crippen LogP contribution in [0.3, 0.4) is 0 Å². The van der Waals surface area contributed by atoms with E-state index >= 15 is 8.78 Å². The number of hydrogen-bond acceptors (Lipinski definition) is 6. The molecule has 4 N–H and O–H groups in total. The summed E-state index contributed by atoms with van der Waals surface area (Å²) in [6.07, 6.45) is -0.0779. The van der Waals surface area contributed by atoms with Crippen LogP contribution in [-0.4, -0.2) is 65.2 Å². The molecule has 1 aromatic heterocycles. The fourth-order valence-corrected chi connectivity index (χ4v) is 4.33. The molecule has 1 atom stereocenters. The SMILES string of the molecule is C[NH2+]c1cc(-c2noc(C3CCN(C(=O)CNC(=O)c4ccc(Cl)cc4)CC3(F)F)n2)ccc1C(C)=N. The Labute approximate surface area is 216 Å². The lowest BCUT2D eigenvalue weighted by atomic mass is 9.92. The van der Waals surface area contributed by atoms with Gasteiger partial charge >= 0.3 is 0 Å². The molecule has 0 saturated carbocycles. The number of aromatic nitrogens is 2. The summed E-state index contributed by atoms with van der Waals surface area (Å²) in [6, 6.07) is 11.3. The van der Waals surface area contributed by atoms with Crippen LogP contribution < -0.4 is 10.6 Å². The van der Waals surface area contributed by atoms with Gasteiger partial charge in [-0.1, -0.05) is 16.8 Å². The van der Waals surface area contributed by atoms with E-state index in [0.29, 0.717) is 21.9 Å². The van der Waals surface area contributed by atoms with Crippen molar-refractivity contribution in [2.24, 2.45) is 0 Å². The van der Waals surface area contributed by atoms with Crippen LogP contribution in [0.25, 0.3) is 11.4 Å². The smallest absolute Gasteiger partial charge is 0.276 e. The van der Waals surface area contributed by atoms with Crippen LogP contribution in [0.1, 0.15) is 41.1 Å². The quantitative estimate of drug-likeness (QED) is 0.319. The Morgan fingerprint density at radius 3 is 2.65 bits per heavy atom. The molecular weight excluding hydrogens is 506 g/mol. The van der Waals surface area contributed by atoms with Gasteiger partial charge in [-0.2, -0.15) is 4.98 Å². The number of nitrogens with zero attached hydrogens (tertiary/aromatic N) is 3. The summed E-state index contributed by atoms with van der Waals surface area (Å²) in [7, 11) is 1.84. The molecule has 37 heavy (non-hydrogen) atoms. The maximum Gasteiger partial charge on any atom is 0.276 e. The molecule has 1 aliphatic rings. The summed E-state index contributed by atoms with van der Waals surface area (Å²) in [5.41, 5.74) is 2.85. The third-order valence-electron chi connectivity index (χ3n) is 6.22. The summed E-state index contributed by atoms with van der Waals surface area (Å²) in [4.78, 5) is 30.0. The first-order valence-corrected chi connectivity index (χ1v) is 12.0. The Balaban J connectivity index is 1.40. The molecule has 0 spiro atoms. The number of nitrogens with two attached hydrogens (primary N) is 1. The van der Waals surface area contributed by atoms with Crippen LogP contribution in [-0.2, 0) is 4.79 Å². The first-order valence-electron chi connectivity index (χ1n) is 11.6. The van der Waals surface area contributed by atoms with E-state index in [4.69, 9.17) is 21.5 Å². The fraction of sp³-hybridized carbons (Fsp3) is 0.320. The second-order valence-electron chi connectivity index (χ2n) is 8.78. The maximum atomic E-state index is 15.1. The summed E-state index contributed by atoms with van der Waals surface area (Å²) in [5, 5.41) is 16.5. The molecule has 1 fully saturated rings. The molecule has 194 valence electrons. The molecule has 9 nitrogen and oxygen atoms in total. The molecule has 2 amide bonds. The highest BCUT2D eigenvalue weighted by molar-refractivity contribution is 6.30. The number of rotatable bonds is 7. The van der Waals surface area contributed by atoms with E-state index in [1.54, 1.807) is 37.3 Å². The maximum absolute atomic E-state index is 15.1. The summed E-state index contributed by atoms with van der Waals surface area (Å²) in [6.45, 7) is 0.499. The van der Waals surface area contributed by atoms with Gasteiger partial charge in [0.1, 0.15) is 11.6 Å². The average molecular weight is 532 g/mol. The molecule has 4 rings (SSSR count). The number of benzene rings is 2. The molecule has 0 radical (unpaired) electrons. The Bertz CT molecular complexity index is 1330. The standard InChI is InChI=1S/C25H25ClF2N6O3/c1-14(29)18-8-5-16(11-20(18)30-2)22-32-24(37-33-22)19-9-10-34(13-25(19,27)28)21(35)12-31-23(36)15-3-6-17(26)7-4-15/h3-8,11,19,29-30H,9-10,12-13H2,1-2H3,(H,31,36)/p+1. The fourth-order valence-electron chi connectivity index (χ4n) is 4.20. The van der Waals surface area contributed by atoms with Crippen LogP contribution in [0.5, 0.6) is 0 Å². The van der Waals surface area contributed by atoms with Crippen LogP contribution >= 0.6 is 11.6 Å². The summed E-state index contributed by atoms with van der Waals surface area (Å²) in [5.74, 6) is -5.79. The van der Waals surface area contributed by atoms with E-state index in [1.807, 2.05) is 12.4 Å². The van der Waals surface area contributed by atoms with Gasteiger partial charge in [-0.05, 0) is 49.7 Å². The van der Waals surface area contributed by atoms with Gasteiger partial charge in [-0.15, -0.1) is 0 Å². The van der Waals surface area contributed by atoms with E-state index < -0.39 is 36.7 Å². The molecule has 0 bridgehead atoms. The lowest BCUT2D eigenvalue weighted by molar-refractivity contribution is -0.539. The number of alkyl halides is 2. The van der Waals surface area contributed by atoms with Crippen molar-refractivity contribution in [3.63, 3.8) is 0 Å². The average Bonchev–Trinajstić information content (AvgIpc) is 3.36. The lowest BCUT2D eigenvalue weighted by Crippen LogP contribution is -2.73. The molecule has 1 unspecified atom stereocenters. The predicted molar refractivity (Wildman–Crippen MR) is 132 cm³/mol. The zero-order valence-corrected chi connectivity index (χ0v) is 21.0. The Kier molecular flexibility index (Phi) is 7.65. The highest BCUT2D eigenvalue weighted by atomic mass is 35.5. The molecular formula is C25H26ClF2N6O3+. The van der Waals surface area contributed by atoms with E-state index in [-0.39, 0.29) is 24.7 Å². The minimum absolute atomic E-state index is 0.0515. The number of nitrogens with one attached hydrogen (secondary N) is 2. The van der Waals surface area contributed by atoms with Crippen molar-refractivity contribution < 1.29 is 28.2 Å². The second kappa shape index (κ2) is 10.7.